The Morgan fingerprint density at radius 2 is 0.796 bits per heavy atom. The summed E-state index contributed by atoms with van der Waals surface area (Å²) in [4.78, 5) is 127. The van der Waals surface area contributed by atoms with Crippen LogP contribution in [0.15, 0.2) is 118 Å². The molecule has 1 heterocycles. The predicted molar refractivity (Wildman–Crippen MR) is 356 cm³/mol. The van der Waals surface area contributed by atoms with Gasteiger partial charge in [-0.1, -0.05) is 49.9 Å². The van der Waals surface area contributed by atoms with E-state index in [1.807, 2.05) is 24.3 Å². The molecule has 1 aromatic heterocycles. The van der Waals surface area contributed by atoms with Crippen LogP contribution in [0.3, 0.4) is 0 Å². The van der Waals surface area contributed by atoms with E-state index in [2.05, 4.69) is 35.9 Å². The van der Waals surface area contributed by atoms with Crippen molar-refractivity contribution in [1.29, 1.82) is 0 Å². The SMILES string of the molecule is C.COc1ccc(CC(=O)[C@@H](CCCN=C(N)N)NC(=O)c2cc(CC(=O)[C@@H](CCCN=C(N)N)NC(=O)c3cc(CC(=O)[C@@H](Cc4c[nH]c5ccccc45)NC(=O)c4cc(CC(=O)[C@H](N)CCCN=C(N)N)ccc4OC)ccc3OC)ccc2OC)cc1C(N)=O. The number of Topliss-reactive ketones (excluding diaryl/α,β-unsaturated/α-hetero) is 4. The maximum absolute atomic E-state index is 14.8. The Kier molecular flexibility index (Phi) is 27.9. The maximum atomic E-state index is 14.8. The van der Waals surface area contributed by atoms with E-state index >= 15 is 0 Å². The van der Waals surface area contributed by atoms with Gasteiger partial charge in [0.1, 0.15) is 23.0 Å². The Hall–Kier alpha value is -10.8. The number of primary amides is 1. The van der Waals surface area contributed by atoms with E-state index in [1.165, 1.54) is 70.9 Å². The van der Waals surface area contributed by atoms with Crippen molar-refractivity contribution in [2.24, 2.45) is 60.8 Å². The molecule has 4 amide bonds. The van der Waals surface area contributed by atoms with Crippen molar-refractivity contribution < 1.29 is 57.3 Å². The number of nitrogens with zero attached hydrogens (tertiary/aromatic N) is 3. The summed E-state index contributed by atoms with van der Waals surface area (Å²) in [5.41, 5.74) is 48.2. The molecule has 4 atom stereocenters. The molecule has 0 spiro atoms. The van der Waals surface area contributed by atoms with Crippen LogP contribution in [0.4, 0.5) is 0 Å². The van der Waals surface area contributed by atoms with Crippen LogP contribution in [-0.4, -0.2) is 142 Å². The van der Waals surface area contributed by atoms with Gasteiger partial charge in [0.2, 0.25) is 0 Å². The molecule has 496 valence electrons. The Morgan fingerprint density at radius 1 is 0.452 bits per heavy atom. The summed E-state index contributed by atoms with van der Waals surface area (Å²) in [6.07, 6.45) is 2.42. The molecule has 0 bridgehead atoms. The van der Waals surface area contributed by atoms with E-state index in [1.54, 1.807) is 36.5 Å². The summed E-state index contributed by atoms with van der Waals surface area (Å²) in [5.74, 6) is -4.22. The Labute approximate surface area is 539 Å². The number of methoxy groups -OCH3 is 4. The molecule has 27 nitrogen and oxygen atoms in total. The number of aromatic amines is 1. The number of hydrogen-bond donors (Lipinski definition) is 12. The van der Waals surface area contributed by atoms with Crippen molar-refractivity contribution in [3.8, 4) is 23.0 Å². The molecule has 0 saturated carbocycles. The zero-order valence-corrected chi connectivity index (χ0v) is 51.9. The van der Waals surface area contributed by atoms with Gasteiger partial charge in [0.25, 0.3) is 23.6 Å². The quantitative estimate of drug-likeness (QED) is 0.0151. The highest BCUT2D eigenvalue weighted by molar-refractivity contribution is 6.04. The number of nitrogens with one attached hydrogen (secondary N) is 4. The number of amides is 4. The van der Waals surface area contributed by atoms with Crippen LogP contribution in [0.25, 0.3) is 10.9 Å². The number of guanidine groups is 3. The van der Waals surface area contributed by atoms with E-state index in [9.17, 15) is 38.4 Å². The predicted octanol–water partition coefficient (Wildman–Crippen LogP) is 2.51. The first-order valence-corrected chi connectivity index (χ1v) is 29.5. The van der Waals surface area contributed by atoms with E-state index in [0.717, 1.165) is 16.5 Å². The van der Waals surface area contributed by atoms with Crippen LogP contribution < -0.4 is 80.8 Å². The minimum absolute atomic E-state index is 0. The number of aliphatic imine (C=N–C) groups is 3. The van der Waals surface area contributed by atoms with Crippen LogP contribution in [0.2, 0.25) is 0 Å². The largest absolute Gasteiger partial charge is 0.496 e. The van der Waals surface area contributed by atoms with Gasteiger partial charge in [-0.3, -0.25) is 53.3 Å². The normalized spacial score (nSPS) is 12.1. The summed E-state index contributed by atoms with van der Waals surface area (Å²) in [5, 5.41) is 9.40. The van der Waals surface area contributed by atoms with Gasteiger partial charge in [-0.25, -0.2) is 0 Å². The summed E-state index contributed by atoms with van der Waals surface area (Å²) < 4.78 is 22.0. The lowest BCUT2D eigenvalue weighted by atomic mass is 9.95. The second kappa shape index (κ2) is 35.5. The van der Waals surface area contributed by atoms with Crippen molar-refractivity contribution in [2.45, 2.75) is 102 Å². The zero-order valence-electron chi connectivity index (χ0n) is 51.9. The number of hydrogen-bond acceptors (Lipinski definition) is 16. The van der Waals surface area contributed by atoms with E-state index < -0.39 is 65.1 Å². The fourth-order valence-electron chi connectivity index (χ4n) is 10.3. The van der Waals surface area contributed by atoms with Crippen LogP contribution in [0.5, 0.6) is 23.0 Å². The van der Waals surface area contributed by atoms with Gasteiger partial charge in [0.05, 0.1) is 74.9 Å². The van der Waals surface area contributed by atoms with E-state index in [0.29, 0.717) is 41.6 Å². The number of nitrogens with two attached hydrogens (primary N) is 8. The monoisotopic (exact) mass is 1280 g/mol. The fraction of sp³-hybridized carbons (Fsp3) is 0.348. The number of ether oxygens (including phenoxy) is 4. The molecule has 0 aliphatic heterocycles. The first kappa shape index (κ1) is 72.9. The molecule has 93 heavy (non-hydrogen) atoms. The average Bonchev–Trinajstić information content (AvgIpc) is 1.83. The van der Waals surface area contributed by atoms with Gasteiger partial charge in [-0.15, -0.1) is 0 Å². The number of carbonyl (C=O) groups is 8. The summed E-state index contributed by atoms with van der Waals surface area (Å²) in [7, 11) is 5.48. The van der Waals surface area contributed by atoms with Gasteiger partial charge in [-0.05, 0) is 121 Å². The summed E-state index contributed by atoms with van der Waals surface area (Å²) in [6.45, 7) is 0.565. The van der Waals surface area contributed by atoms with Gasteiger partial charge in [-0.2, -0.15) is 0 Å². The van der Waals surface area contributed by atoms with Crippen LogP contribution in [0, 0.1) is 0 Å². The number of carbonyl (C=O) groups excluding carboxylic acids is 8. The molecule has 0 radical (unpaired) electrons. The second-order valence-electron chi connectivity index (χ2n) is 21.7. The van der Waals surface area contributed by atoms with Crippen molar-refractivity contribution in [2.75, 3.05) is 48.1 Å². The smallest absolute Gasteiger partial charge is 0.255 e. The number of ketones is 4. The van der Waals surface area contributed by atoms with Crippen LogP contribution in [-0.2, 0) is 51.3 Å². The van der Waals surface area contributed by atoms with Crippen molar-refractivity contribution in [3.63, 3.8) is 0 Å². The third kappa shape index (κ3) is 21.4. The maximum Gasteiger partial charge on any atom is 0.255 e. The lowest BCUT2D eigenvalue weighted by Gasteiger charge is -2.21. The number of fused-ring (bicyclic) bond motifs is 1. The number of rotatable bonds is 37. The standard InChI is InChI=1S/C65H81N15O12.CH4/c1-89-55-19-15-36(26-42(55)59(67)85)31-52(82)48(13-8-24-75-64(70)71)78-60(86)43-28-38(17-21-56(43)90-2)32-53(83)49(14-9-25-76-65(72)73)79-61(87)44-29-39(18-22-57(44)91-3)33-54(84)50(34-40-35-77-47-12-6-5-10-41(40)47)80-62(88)45-27-37(16-20-58(45)92-4)30-51(81)46(66)11-7-23-74-63(68)69;/h5-6,10,12,15-22,26-29,35,46,48-50,77H,7-9,11,13-14,23-25,30-34,66H2,1-4H3,(H2,67,85)(H,78,86)(H,79,87)(H,80,88)(H4,68,69,74)(H4,70,71,75)(H4,72,73,76);1H4/t46-,48-,49-,50-;/m1./s1. The molecule has 0 aliphatic carbocycles. The van der Waals surface area contributed by atoms with E-state index in [-0.39, 0.29) is 147 Å². The Bertz CT molecular complexity index is 3740. The highest BCUT2D eigenvalue weighted by Gasteiger charge is 2.30. The van der Waals surface area contributed by atoms with Gasteiger partial charge in [0.15, 0.2) is 41.0 Å². The van der Waals surface area contributed by atoms with E-state index in [4.69, 9.17) is 64.8 Å². The zero-order chi connectivity index (χ0) is 67.0. The summed E-state index contributed by atoms with van der Waals surface area (Å²) in [6, 6.07) is 21.7. The Balaban J connectivity index is 0.0000157. The van der Waals surface area contributed by atoms with Gasteiger partial charge < -0.3 is 85.8 Å². The molecule has 6 rings (SSSR count). The van der Waals surface area contributed by atoms with Gasteiger partial charge in [0, 0.05) is 68.8 Å². The van der Waals surface area contributed by atoms with Gasteiger partial charge >= 0.3 is 0 Å². The number of aromatic nitrogens is 1. The molecular formula is C66H85N15O12. The molecule has 20 N–H and O–H groups in total. The molecular weight excluding hydrogens is 1190 g/mol. The highest BCUT2D eigenvalue weighted by atomic mass is 16.5. The molecule has 0 saturated heterocycles. The number of benzene rings is 5. The van der Waals surface area contributed by atoms with Crippen molar-refractivity contribution >= 4 is 75.5 Å². The number of H-pyrrole nitrogens is 1. The average molecular weight is 1280 g/mol. The number of para-hydroxylation sites is 1. The topological polar surface area (TPSA) is 471 Å². The van der Waals surface area contributed by atoms with Crippen molar-refractivity contribution in [1.82, 2.24) is 20.9 Å². The minimum atomic E-state index is -1.17. The van der Waals surface area contributed by atoms with Crippen molar-refractivity contribution in [3.05, 3.63) is 153 Å². The molecule has 0 unspecified atom stereocenters. The lowest BCUT2D eigenvalue weighted by molar-refractivity contribution is -0.121. The third-order valence-electron chi connectivity index (χ3n) is 15.0. The molecule has 0 aliphatic rings. The first-order chi connectivity index (χ1) is 44.0. The Morgan fingerprint density at radius 3 is 1.18 bits per heavy atom. The highest BCUT2D eigenvalue weighted by Crippen LogP contribution is 2.27. The fourth-order valence-corrected chi connectivity index (χ4v) is 10.3. The molecule has 0 fully saturated rings. The first-order valence-electron chi connectivity index (χ1n) is 29.5. The van der Waals surface area contributed by atoms with Crippen LogP contribution >= 0.6 is 0 Å². The van der Waals surface area contributed by atoms with Crippen LogP contribution in [0.1, 0.15) is 115 Å². The molecule has 27 heteroatoms. The minimum Gasteiger partial charge on any atom is -0.496 e. The molecule has 6 aromatic rings. The third-order valence-corrected chi connectivity index (χ3v) is 15.0. The second-order valence-corrected chi connectivity index (χ2v) is 21.7. The summed E-state index contributed by atoms with van der Waals surface area (Å²) >= 11 is 0. The molecule has 5 aromatic carbocycles. The lowest BCUT2D eigenvalue weighted by Crippen LogP contribution is -2.43.